The average molecular weight is 436 g/mol. The highest BCUT2D eigenvalue weighted by Gasteiger charge is 2.19. The Kier molecular flexibility index (Phi) is 4.59. The van der Waals surface area contributed by atoms with E-state index in [9.17, 15) is 9.18 Å². The number of aromatic nitrogens is 6. The van der Waals surface area contributed by atoms with Crippen molar-refractivity contribution in [2.75, 3.05) is 5.32 Å². The smallest absolute Gasteiger partial charge is 0.264 e. The molecule has 0 unspecified atom stereocenters. The fourth-order valence-corrected chi connectivity index (χ4v) is 3.84. The van der Waals surface area contributed by atoms with Crippen molar-refractivity contribution in [1.82, 2.24) is 29.5 Å². The number of benzene rings is 1. The monoisotopic (exact) mass is 435 g/mol. The van der Waals surface area contributed by atoms with Gasteiger partial charge in [0, 0.05) is 5.69 Å². The summed E-state index contributed by atoms with van der Waals surface area (Å²) in [7, 11) is 0. The van der Waals surface area contributed by atoms with Crippen LogP contribution in [0.3, 0.4) is 0 Å². The first-order valence-corrected chi connectivity index (χ1v) is 9.77. The number of anilines is 1. The van der Waals surface area contributed by atoms with E-state index in [4.69, 9.17) is 11.6 Å². The molecule has 0 saturated carbocycles. The van der Waals surface area contributed by atoms with Gasteiger partial charge in [0.2, 0.25) is 5.95 Å². The lowest BCUT2D eigenvalue weighted by Gasteiger charge is -2.21. The summed E-state index contributed by atoms with van der Waals surface area (Å²) in [6.07, 6.45) is 4.26. The van der Waals surface area contributed by atoms with E-state index in [0.29, 0.717) is 44.2 Å². The average Bonchev–Trinajstić information content (AvgIpc) is 3.24. The molecule has 0 bridgehead atoms. The highest BCUT2D eigenvalue weighted by molar-refractivity contribution is 6.35. The van der Waals surface area contributed by atoms with Crippen LogP contribution >= 0.6 is 11.6 Å². The van der Waals surface area contributed by atoms with Crippen LogP contribution in [0.5, 0.6) is 0 Å². The van der Waals surface area contributed by atoms with E-state index in [1.165, 1.54) is 35.6 Å². The predicted molar refractivity (Wildman–Crippen MR) is 116 cm³/mol. The first-order valence-electron chi connectivity index (χ1n) is 9.39. The Labute approximate surface area is 179 Å². The Morgan fingerprint density at radius 1 is 1.16 bits per heavy atom. The van der Waals surface area contributed by atoms with Crippen LogP contribution in [0.1, 0.15) is 18.7 Å². The first kappa shape index (κ1) is 19.1. The van der Waals surface area contributed by atoms with Gasteiger partial charge >= 0.3 is 0 Å². The molecule has 0 amide bonds. The van der Waals surface area contributed by atoms with Crippen LogP contribution in [0.4, 0.5) is 10.2 Å². The summed E-state index contributed by atoms with van der Waals surface area (Å²) in [4.78, 5) is 32.7. The first-order chi connectivity index (χ1) is 15.0. The minimum absolute atomic E-state index is 0.325. The maximum atomic E-state index is 13.5. The quantitative estimate of drug-likeness (QED) is 0.413. The normalized spacial score (nSPS) is 12.4. The number of imidazole rings is 1. The fourth-order valence-electron chi connectivity index (χ4n) is 3.58. The highest BCUT2D eigenvalue weighted by Crippen LogP contribution is 2.27. The third kappa shape index (κ3) is 3.28. The number of halogens is 2. The van der Waals surface area contributed by atoms with Gasteiger partial charge in [0.25, 0.3) is 5.56 Å². The topological polar surface area (TPSA) is 101 Å². The number of aromatic amines is 1. The zero-order valence-corrected chi connectivity index (χ0v) is 16.9. The van der Waals surface area contributed by atoms with Crippen molar-refractivity contribution < 1.29 is 4.39 Å². The molecule has 0 spiro atoms. The van der Waals surface area contributed by atoms with Gasteiger partial charge < -0.3 is 10.3 Å². The third-order valence-electron chi connectivity index (χ3n) is 5.01. The second-order valence-electron chi connectivity index (χ2n) is 6.94. The van der Waals surface area contributed by atoms with Crippen LogP contribution in [-0.4, -0.2) is 29.5 Å². The van der Waals surface area contributed by atoms with Crippen molar-refractivity contribution in [3.05, 3.63) is 82.3 Å². The van der Waals surface area contributed by atoms with E-state index in [2.05, 4.69) is 30.2 Å². The van der Waals surface area contributed by atoms with Crippen LogP contribution in [0.15, 0.2) is 60.0 Å². The lowest BCUT2D eigenvalue weighted by molar-refractivity contribution is 0.582. The lowest BCUT2D eigenvalue weighted by atomic mass is 10.1. The number of pyridine rings is 2. The SMILES string of the molecule is C[C@@H](Nc1ncnc2nc[nH]c12)c1cc2cccc(Cl)c2c(=O)n1-c1ccc(F)nc1. The molecule has 5 aromatic rings. The van der Waals surface area contributed by atoms with E-state index >= 15 is 0 Å². The molecule has 31 heavy (non-hydrogen) atoms. The molecule has 5 rings (SSSR count). The van der Waals surface area contributed by atoms with Crippen LogP contribution in [0, 0.1) is 5.95 Å². The molecule has 0 saturated heterocycles. The Hall–Kier alpha value is -3.85. The standard InChI is InChI=1S/C21H15ClFN7O/c1-11(29-20-18-19(26-9-25-18)27-10-28-20)15-7-12-3-2-4-14(22)17(12)21(31)30(15)13-5-6-16(23)24-8-13/h2-11H,1H3,(H2,25,26,27,28,29)/t11-/m1/s1. The molecule has 1 aromatic carbocycles. The minimum atomic E-state index is -0.633. The molecule has 0 aliphatic heterocycles. The fraction of sp³-hybridized carbons (Fsp3) is 0.0952. The van der Waals surface area contributed by atoms with E-state index in [1.54, 1.807) is 12.1 Å². The molecule has 4 heterocycles. The predicted octanol–water partition coefficient (Wildman–Crippen LogP) is 4.02. The second kappa shape index (κ2) is 7.44. The van der Waals surface area contributed by atoms with Gasteiger partial charge in [-0.1, -0.05) is 23.7 Å². The van der Waals surface area contributed by atoms with Gasteiger partial charge in [-0.25, -0.2) is 19.9 Å². The molecule has 1 atom stereocenters. The maximum Gasteiger partial charge on any atom is 0.264 e. The van der Waals surface area contributed by atoms with Crippen LogP contribution in [-0.2, 0) is 0 Å². The summed E-state index contributed by atoms with van der Waals surface area (Å²) in [5, 5.41) is 4.72. The van der Waals surface area contributed by atoms with Crippen molar-refractivity contribution in [2.24, 2.45) is 0 Å². The summed E-state index contributed by atoms with van der Waals surface area (Å²) < 4.78 is 14.9. The summed E-state index contributed by atoms with van der Waals surface area (Å²) in [5.74, 6) is -0.0941. The molecular formula is C21H15ClFN7O. The van der Waals surface area contributed by atoms with Crippen LogP contribution in [0.25, 0.3) is 27.6 Å². The highest BCUT2D eigenvalue weighted by atomic mass is 35.5. The minimum Gasteiger partial charge on any atom is -0.360 e. The van der Waals surface area contributed by atoms with Crippen molar-refractivity contribution >= 4 is 39.4 Å². The Morgan fingerprint density at radius 3 is 2.84 bits per heavy atom. The van der Waals surface area contributed by atoms with E-state index < -0.39 is 5.95 Å². The summed E-state index contributed by atoms with van der Waals surface area (Å²) >= 11 is 6.33. The molecule has 0 fully saturated rings. The van der Waals surface area contributed by atoms with E-state index in [-0.39, 0.29) is 11.6 Å². The van der Waals surface area contributed by atoms with Crippen molar-refractivity contribution in [3.8, 4) is 5.69 Å². The third-order valence-corrected chi connectivity index (χ3v) is 5.33. The van der Waals surface area contributed by atoms with Gasteiger partial charge in [0.1, 0.15) is 11.8 Å². The molecule has 4 aromatic heterocycles. The summed E-state index contributed by atoms with van der Waals surface area (Å²) in [6, 6.07) is 9.48. The molecule has 0 aliphatic rings. The zero-order valence-electron chi connectivity index (χ0n) is 16.2. The summed E-state index contributed by atoms with van der Waals surface area (Å²) in [6.45, 7) is 1.89. The van der Waals surface area contributed by atoms with Crippen LogP contribution < -0.4 is 10.9 Å². The molecule has 0 radical (unpaired) electrons. The number of rotatable bonds is 4. The molecule has 10 heteroatoms. The number of hydrogen-bond donors (Lipinski definition) is 2. The number of H-pyrrole nitrogens is 1. The van der Waals surface area contributed by atoms with Gasteiger partial charge in [0.05, 0.1) is 34.7 Å². The van der Waals surface area contributed by atoms with Crippen molar-refractivity contribution in [2.45, 2.75) is 13.0 Å². The lowest BCUT2D eigenvalue weighted by Crippen LogP contribution is -2.26. The Morgan fingerprint density at radius 2 is 2.03 bits per heavy atom. The van der Waals surface area contributed by atoms with Crippen molar-refractivity contribution in [1.29, 1.82) is 0 Å². The van der Waals surface area contributed by atoms with Gasteiger partial charge in [-0.15, -0.1) is 0 Å². The molecule has 8 nitrogen and oxygen atoms in total. The molecular weight excluding hydrogens is 421 g/mol. The van der Waals surface area contributed by atoms with E-state index in [1.807, 2.05) is 19.1 Å². The number of nitrogens with one attached hydrogen (secondary N) is 2. The maximum absolute atomic E-state index is 13.5. The van der Waals surface area contributed by atoms with Crippen LogP contribution in [0.2, 0.25) is 5.02 Å². The number of fused-ring (bicyclic) bond motifs is 2. The Bertz CT molecular complexity index is 1480. The largest absolute Gasteiger partial charge is 0.360 e. The molecule has 154 valence electrons. The number of hydrogen-bond acceptors (Lipinski definition) is 6. The number of nitrogens with zero attached hydrogens (tertiary/aromatic N) is 5. The Balaban J connectivity index is 1.71. The van der Waals surface area contributed by atoms with Gasteiger partial charge in [-0.3, -0.25) is 9.36 Å². The van der Waals surface area contributed by atoms with E-state index in [0.717, 1.165) is 0 Å². The van der Waals surface area contributed by atoms with Crippen molar-refractivity contribution in [3.63, 3.8) is 0 Å². The summed E-state index contributed by atoms with van der Waals surface area (Å²) in [5.41, 5.74) is 1.89. The molecule has 2 N–H and O–H groups in total. The second-order valence-corrected chi connectivity index (χ2v) is 7.35. The van der Waals surface area contributed by atoms with Gasteiger partial charge in [-0.2, -0.15) is 4.39 Å². The zero-order chi connectivity index (χ0) is 21.5. The van der Waals surface area contributed by atoms with Gasteiger partial charge in [0.15, 0.2) is 11.5 Å². The van der Waals surface area contributed by atoms with Gasteiger partial charge in [-0.05, 0) is 36.6 Å². The molecule has 0 aliphatic carbocycles.